The fraction of sp³-hybridized carbons (Fsp3) is 0.933. The van der Waals surface area contributed by atoms with Crippen LogP contribution >= 0.6 is 22.6 Å². The van der Waals surface area contributed by atoms with E-state index in [0.29, 0.717) is 6.54 Å². The number of alkyl halides is 1. The van der Waals surface area contributed by atoms with Crippen LogP contribution in [0.15, 0.2) is 0 Å². The van der Waals surface area contributed by atoms with Crippen molar-refractivity contribution in [2.24, 2.45) is 0 Å². The smallest absolute Gasteiger partial charge is 0.315 e. The molecule has 0 aliphatic heterocycles. The van der Waals surface area contributed by atoms with Crippen LogP contribution in [0.5, 0.6) is 0 Å². The minimum atomic E-state index is -0.0437. The van der Waals surface area contributed by atoms with E-state index in [-0.39, 0.29) is 10.1 Å². The van der Waals surface area contributed by atoms with E-state index < -0.39 is 0 Å². The average Bonchev–Trinajstić information content (AvgIpc) is 2.37. The van der Waals surface area contributed by atoms with Crippen molar-refractivity contribution in [2.75, 3.05) is 6.54 Å². The summed E-state index contributed by atoms with van der Waals surface area (Å²) in [5.74, 6) is 0. The van der Waals surface area contributed by atoms with E-state index in [9.17, 15) is 4.79 Å². The summed E-state index contributed by atoms with van der Waals surface area (Å²) in [5.41, 5.74) is 0. The summed E-state index contributed by atoms with van der Waals surface area (Å²) in [6, 6.07) is -0.0437. The van der Waals surface area contributed by atoms with Crippen molar-refractivity contribution in [3.8, 4) is 0 Å². The second-order valence-electron chi connectivity index (χ2n) is 5.09. The third kappa shape index (κ3) is 14.2. The summed E-state index contributed by atoms with van der Waals surface area (Å²) >= 11 is 2.31. The van der Waals surface area contributed by atoms with Gasteiger partial charge in [-0.1, -0.05) is 87.3 Å². The minimum absolute atomic E-state index is 0.0437. The number of carbonyl (C=O) groups excluding carboxylic acids is 1. The maximum atomic E-state index is 11.3. The Morgan fingerprint density at radius 1 is 0.947 bits per heavy atom. The van der Waals surface area contributed by atoms with Crippen molar-refractivity contribution in [3.63, 3.8) is 0 Å². The lowest BCUT2D eigenvalue weighted by molar-refractivity contribution is 0.240. The van der Waals surface area contributed by atoms with Gasteiger partial charge in [0.25, 0.3) is 0 Å². The van der Waals surface area contributed by atoms with Crippen LogP contribution in [-0.4, -0.2) is 16.6 Å². The van der Waals surface area contributed by atoms with Crippen molar-refractivity contribution in [1.29, 1.82) is 0 Å². The number of hydrogen-bond donors (Lipinski definition) is 2. The quantitative estimate of drug-likeness (QED) is 0.212. The Balaban J connectivity index is 3.22. The molecule has 2 amide bonds. The maximum Gasteiger partial charge on any atom is 0.315 e. The van der Waals surface area contributed by atoms with Gasteiger partial charge >= 0.3 is 6.03 Å². The number of amides is 2. The molecule has 1 atom stereocenters. The highest BCUT2D eigenvalue weighted by atomic mass is 127. The second-order valence-corrected chi connectivity index (χ2v) is 6.59. The molecule has 0 fully saturated rings. The van der Waals surface area contributed by atoms with E-state index >= 15 is 0 Å². The van der Waals surface area contributed by atoms with Crippen LogP contribution in [-0.2, 0) is 0 Å². The van der Waals surface area contributed by atoms with Crippen molar-refractivity contribution in [1.82, 2.24) is 10.6 Å². The lowest BCUT2D eigenvalue weighted by atomic mass is 10.1. The average molecular weight is 382 g/mol. The number of unbranched alkanes of at least 4 members (excludes halogenated alkanes) is 8. The van der Waals surface area contributed by atoms with Crippen LogP contribution in [0.1, 0.15) is 78.1 Å². The molecule has 0 aromatic rings. The molecule has 0 radical (unpaired) electrons. The number of nitrogens with one attached hydrogen (secondary N) is 2. The van der Waals surface area contributed by atoms with Crippen LogP contribution in [0.2, 0.25) is 0 Å². The summed E-state index contributed by atoms with van der Waals surface area (Å²) in [6.45, 7) is 4.88. The van der Waals surface area contributed by atoms with Gasteiger partial charge in [0, 0.05) is 6.54 Å². The normalized spacial score (nSPS) is 12.2. The number of halogens is 1. The first-order valence-electron chi connectivity index (χ1n) is 7.89. The van der Waals surface area contributed by atoms with Gasteiger partial charge in [-0.2, -0.15) is 0 Å². The zero-order chi connectivity index (χ0) is 14.3. The summed E-state index contributed by atoms with van der Waals surface area (Å²) in [4.78, 5) is 11.3. The number of carbonyl (C=O) groups is 1. The second kappa shape index (κ2) is 14.4. The summed E-state index contributed by atoms with van der Waals surface area (Å²) < 4.78 is 0.258. The molecule has 0 aromatic heterocycles. The summed E-state index contributed by atoms with van der Waals surface area (Å²) in [6.07, 6.45) is 13.2. The van der Waals surface area contributed by atoms with Crippen LogP contribution in [0.4, 0.5) is 4.79 Å². The molecule has 0 aliphatic rings. The Morgan fingerprint density at radius 3 is 2.00 bits per heavy atom. The molecule has 0 bridgehead atoms. The van der Waals surface area contributed by atoms with Crippen LogP contribution < -0.4 is 10.6 Å². The highest BCUT2D eigenvalue weighted by molar-refractivity contribution is 14.1. The molecule has 0 saturated heterocycles. The molecular weight excluding hydrogens is 351 g/mol. The topological polar surface area (TPSA) is 41.1 Å². The first kappa shape index (κ1) is 19.0. The van der Waals surface area contributed by atoms with Gasteiger partial charge in [-0.05, 0) is 13.3 Å². The van der Waals surface area contributed by atoms with Gasteiger partial charge < -0.3 is 10.6 Å². The third-order valence-electron chi connectivity index (χ3n) is 3.19. The lowest BCUT2D eigenvalue weighted by Gasteiger charge is -2.12. The Bertz CT molecular complexity index is 212. The Labute approximate surface area is 132 Å². The molecule has 0 aromatic carbocycles. The van der Waals surface area contributed by atoms with Gasteiger partial charge in [0.1, 0.15) is 0 Å². The van der Waals surface area contributed by atoms with Crippen LogP contribution in [0.3, 0.4) is 0 Å². The van der Waals surface area contributed by atoms with E-state index in [1.165, 1.54) is 57.8 Å². The van der Waals surface area contributed by atoms with Gasteiger partial charge in [0.15, 0.2) is 0 Å². The molecule has 4 heteroatoms. The first-order valence-corrected chi connectivity index (χ1v) is 9.13. The van der Waals surface area contributed by atoms with Crippen molar-refractivity contribution >= 4 is 28.6 Å². The number of rotatable bonds is 12. The third-order valence-corrected chi connectivity index (χ3v) is 4.12. The molecule has 0 rings (SSSR count). The van der Waals surface area contributed by atoms with E-state index in [1.54, 1.807) is 0 Å². The molecule has 19 heavy (non-hydrogen) atoms. The Kier molecular flexibility index (Phi) is 14.4. The van der Waals surface area contributed by atoms with Crippen LogP contribution in [0, 0.1) is 0 Å². The van der Waals surface area contributed by atoms with Gasteiger partial charge in [-0.15, -0.1) is 0 Å². The number of hydrogen-bond acceptors (Lipinski definition) is 1. The zero-order valence-electron chi connectivity index (χ0n) is 12.6. The predicted octanol–water partition coefficient (Wildman–Crippen LogP) is 4.99. The van der Waals surface area contributed by atoms with Crippen molar-refractivity contribution in [2.45, 2.75) is 82.1 Å². The molecule has 0 heterocycles. The highest BCUT2D eigenvalue weighted by Crippen LogP contribution is 2.13. The van der Waals surface area contributed by atoms with Crippen molar-refractivity contribution in [3.05, 3.63) is 0 Å². The fourth-order valence-corrected chi connectivity index (χ4v) is 2.78. The molecule has 0 aliphatic carbocycles. The molecule has 3 nitrogen and oxygen atoms in total. The SMILES string of the molecule is CCCCCCCCCCCC(I)NC(=O)NCC. The van der Waals surface area contributed by atoms with E-state index in [1.807, 2.05) is 6.92 Å². The summed E-state index contributed by atoms with van der Waals surface area (Å²) in [5, 5.41) is 5.70. The zero-order valence-corrected chi connectivity index (χ0v) is 14.8. The van der Waals surface area contributed by atoms with Gasteiger partial charge in [-0.25, -0.2) is 4.79 Å². The van der Waals surface area contributed by atoms with E-state index in [4.69, 9.17) is 0 Å². The van der Waals surface area contributed by atoms with E-state index in [0.717, 1.165) is 6.42 Å². The predicted molar refractivity (Wildman–Crippen MR) is 91.9 cm³/mol. The Hall–Kier alpha value is 0. The molecular formula is C15H31IN2O. The van der Waals surface area contributed by atoms with Gasteiger partial charge in [-0.3, -0.25) is 0 Å². The van der Waals surface area contributed by atoms with E-state index in [2.05, 4.69) is 40.1 Å². The largest absolute Gasteiger partial charge is 0.338 e. The lowest BCUT2D eigenvalue weighted by Crippen LogP contribution is -2.39. The number of urea groups is 1. The Morgan fingerprint density at radius 2 is 1.47 bits per heavy atom. The molecule has 2 N–H and O–H groups in total. The summed E-state index contributed by atoms with van der Waals surface area (Å²) in [7, 11) is 0. The fourth-order valence-electron chi connectivity index (χ4n) is 2.06. The van der Waals surface area contributed by atoms with Gasteiger partial charge in [0.2, 0.25) is 0 Å². The minimum Gasteiger partial charge on any atom is -0.338 e. The highest BCUT2D eigenvalue weighted by Gasteiger charge is 2.06. The molecule has 114 valence electrons. The van der Waals surface area contributed by atoms with Crippen LogP contribution in [0.25, 0.3) is 0 Å². The monoisotopic (exact) mass is 382 g/mol. The standard InChI is InChI=1S/C15H31IN2O/c1-3-5-6-7-8-9-10-11-12-13-14(16)18-15(19)17-4-2/h14H,3-13H2,1-2H3,(H2,17,18,19). The molecule has 0 spiro atoms. The first-order chi connectivity index (χ1) is 9.20. The van der Waals surface area contributed by atoms with Gasteiger partial charge in [0.05, 0.1) is 4.05 Å². The molecule has 1 unspecified atom stereocenters. The maximum absolute atomic E-state index is 11.3. The van der Waals surface area contributed by atoms with Crippen molar-refractivity contribution < 1.29 is 4.79 Å². The molecule has 0 saturated carbocycles.